The first-order chi connectivity index (χ1) is 11.2. The van der Waals surface area contributed by atoms with Crippen molar-refractivity contribution in [3.63, 3.8) is 0 Å². The molecule has 132 valence electrons. The molecule has 1 heterocycles. The second kappa shape index (κ2) is 7.85. The molecule has 1 aromatic carbocycles. The molecule has 24 heavy (non-hydrogen) atoms. The lowest BCUT2D eigenvalue weighted by Gasteiger charge is -2.21. The lowest BCUT2D eigenvalue weighted by atomic mass is 10.1. The van der Waals surface area contributed by atoms with Gasteiger partial charge in [0.2, 0.25) is 0 Å². The van der Waals surface area contributed by atoms with E-state index in [9.17, 15) is 9.59 Å². The monoisotopic (exact) mass is 352 g/mol. The molecule has 7 heteroatoms. The Kier molecular flexibility index (Phi) is 6.07. The average Bonchev–Trinajstić information content (AvgIpc) is 2.98. The van der Waals surface area contributed by atoms with E-state index in [4.69, 9.17) is 11.6 Å². The van der Waals surface area contributed by atoms with Gasteiger partial charge in [-0.15, -0.1) is 0 Å². The first-order valence-corrected chi connectivity index (χ1v) is 8.53. The van der Waals surface area contributed by atoms with Crippen LogP contribution in [0, 0.1) is 0 Å². The van der Waals surface area contributed by atoms with E-state index in [1.54, 1.807) is 18.2 Å². The number of rotatable bonds is 4. The van der Waals surface area contributed by atoms with Gasteiger partial charge in [-0.2, -0.15) is 0 Å². The summed E-state index contributed by atoms with van der Waals surface area (Å²) in [6.07, 6.45) is 2.19. The summed E-state index contributed by atoms with van der Waals surface area (Å²) in [5.41, 5.74) is 0.527. The third-order valence-corrected chi connectivity index (χ3v) is 3.96. The second-order valence-electron chi connectivity index (χ2n) is 7.03. The van der Waals surface area contributed by atoms with Crippen LogP contribution in [0.1, 0.15) is 44.0 Å². The van der Waals surface area contributed by atoms with Crippen LogP contribution in [0.25, 0.3) is 0 Å². The van der Waals surface area contributed by atoms with Crippen molar-refractivity contribution in [2.24, 2.45) is 0 Å². The average molecular weight is 353 g/mol. The summed E-state index contributed by atoms with van der Waals surface area (Å²) in [6.45, 7) is 7.24. The van der Waals surface area contributed by atoms with Crippen molar-refractivity contribution in [3.05, 3.63) is 28.8 Å². The van der Waals surface area contributed by atoms with Gasteiger partial charge >= 0.3 is 6.03 Å². The third-order valence-electron chi connectivity index (χ3n) is 3.63. The summed E-state index contributed by atoms with van der Waals surface area (Å²) in [5, 5.41) is 12.1. The Morgan fingerprint density at radius 3 is 2.71 bits per heavy atom. The summed E-state index contributed by atoms with van der Waals surface area (Å²) >= 11 is 6.12. The standard InChI is InChI=1S/C17H25ClN4O2/c1-17(2,3)22-16(24)21-11-6-7-14(18)13(9-11)15(23)20-10-12-5-4-8-19-12/h6-7,9,12,19H,4-5,8,10H2,1-3H3,(H,20,23)(H2,21,22,24). The molecule has 1 saturated heterocycles. The molecule has 0 spiro atoms. The fourth-order valence-electron chi connectivity index (χ4n) is 2.52. The Morgan fingerprint density at radius 2 is 2.08 bits per heavy atom. The summed E-state index contributed by atoms with van der Waals surface area (Å²) < 4.78 is 0. The number of nitrogens with one attached hydrogen (secondary N) is 4. The maximum absolute atomic E-state index is 12.3. The number of hydrogen-bond acceptors (Lipinski definition) is 3. The van der Waals surface area contributed by atoms with Crippen molar-refractivity contribution in [2.75, 3.05) is 18.4 Å². The normalized spacial score (nSPS) is 17.4. The van der Waals surface area contributed by atoms with Crippen LogP contribution in [0.2, 0.25) is 5.02 Å². The van der Waals surface area contributed by atoms with Gasteiger partial charge in [0.25, 0.3) is 5.91 Å². The van der Waals surface area contributed by atoms with Gasteiger partial charge < -0.3 is 21.3 Å². The van der Waals surface area contributed by atoms with Gasteiger partial charge in [-0.3, -0.25) is 4.79 Å². The van der Waals surface area contributed by atoms with Gasteiger partial charge in [0.1, 0.15) is 0 Å². The van der Waals surface area contributed by atoms with Crippen molar-refractivity contribution in [3.8, 4) is 0 Å². The quantitative estimate of drug-likeness (QED) is 0.672. The maximum Gasteiger partial charge on any atom is 0.319 e. The predicted octanol–water partition coefficient (Wildman–Crippen LogP) is 2.74. The molecule has 1 aromatic rings. The summed E-state index contributed by atoms with van der Waals surface area (Å²) in [7, 11) is 0. The highest BCUT2D eigenvalue weighted by molar-refractivity contribution is 6.34. The zero-order chi connectivity index (χ0) is 17.7. The number of halogens is 1. The number of amides is 3. The van der Waals surface area contributed by atoms with E-state index in [1.807, 2.05) is 20.8 Å². The largest absolute Gasteiger partial charge is 0.350 e. The molecule has 3 amide bonds. The number of benzene rings is 1. The predicted molar refractivity (Wildman–Crippen MR) is 96.7 cm³/mol. The van der Waals surface area contributed by atoms with Crippen molar-refractivity contribution in [1.82, 2.24) is 16.0 Å². The Labute approximate surface area is 147 Å². The van der Waals surface area contributed by atoms with Crippen molar-refractivity contribution in [1.29, 1.82) is 0 Å². The van der Waals surface area contributed by atoms with E-state index in [0.717, 1.165) is 19.4 Å². The van der Waals surface area contributed by atoms with E-state index in [1.165, 1.54) is 0 Å². The Hall–Kier alpha value is -1.79. The SMILES string of the molecule is CC(C)(C)NC(=O)Nc1ccc(Cl)c(C(=O)NCC2CCCN2)c1. The van der Waals surface area contributed by atoms with Gasteiger partial charge in [0.15, 0.2) is 0 Å². The molecule has 1 atom stereocenters. The molecule has 0 aliphatic carbocycles. The van der Waals surface area contributed by atoms with Crippen LogP contribution >= 0.6 is 11.6 Å². The fourth-order valence-corrected chi connectivity index (χ4v) is 2.73. The van der Waals surface area contributed by atoms with Crippen molar-refractivity contribution in [2.45, 2.75) is 45.2 Å². The maximum atomic E-state index is 12.3. The van der Waals surface area contributed by atoms with Crippen LogP contribution < -0.4 is 21.3 Å². The van der Waals surface area contributed by atoms with Gasteiger partial charge in [0.05, 0.1) is 10.6 Å². The van der Waals surface area contributed by atoms with Gasteiger partial charge in [0, 0.05) is 23.8 Å². The number of carbonyl (C=O) groups is 2. The van der Waals surface area contributed by atoms with Crippen LogP contribution in [0.4, 0.5) is 10.5 Å². The minimum absolute atomic E-state index is 0.242. The molecular formula is C17H25ClN4O2. The third kappa shape index (κ3) is 5.69. The summed E-state index contributed by atoms with van der Waals surface area (Å²) in [4.78, 5) is 24.3. The Bertz CT molecular complexity index is 607. The molecule has 0 aromatic heterocycles. The minimum atomic E-state index is -0.342. The minimum Gasteiger partial charge on any atom is -0.350 e. The molecule has 0 saturated carbocycles. The molecule has 1 aliphatic heterocycles. The first kappa shape index (κ1) is 18.5. The number of hydrogen-bond donors (Lipinski definition) is 4. The number of anilines is 1. The lowest BCUT2D eigenvalue weighted by molar-refractivity contribution is 0.0950. The van der Waals surface area contributed by atoms with E-state index in [2.05, 4.69) is 21.3 Å². The van der Waals surface area contributed by atoms with Crippen LogP contribution in [-0.2, 0) is 0 Å². The lowest BCUT2D eigenvalue weighted by Crippen LogP contribution is -2.43. The van der Waals surface area contributed by atoms with Crippen LogP contribution in [0.3, 0.4) is 0 Å². The Balaban J connectivity index is 1.99. The molecule has 1 aliphatic rings. The van der Waals surface area contributed by atoms with E-state index in [-0.39, 0.29) is 17.5 Å². The number of urea groups is 1. The van der Waals surface area contributed by atoms with Crippen LogP contribution in [0.15, 0.2) is 18.2 Å². The topological polar surface area (TPSA) is 82.3 Å². The molecule has 6 nitrogen and oxygen atoms in total. The van der Waals surface area contributed by atoms with Crippen LogP contribution in [-0.4, -0.2) is 36.6 Å². The summed E-state index contributed by atoms with van der Waals surface area (Å²) in [5.74, 6) is -0.242. The van der Waals surface area contributed by atoms with Gasteiger partial charge in [-0.05, 0) is 58.4 Å². The zero-order valence-corrected chi connectivity index (χ0v) is 15.1. The molecule has 4 N–H and O–H groups in total. The van der Waals surface area contributed by atoms with E-state index in [0.29, 0.717) is 28.9 Å². The molecular weight excluding hydrogens is 328 g/mol. The van der Waals surface area contributed by atoms with Gasteiger partial charge in [-0.1, -0.05) is 11.6 Å². The molecule has 2 rings (SSSR count). The van der Waals surface area contributed by atoms with Crippen molar-refractivity contribution >= 4 is 29.2 Å². The molecule has 1 fully saturated rings. The zero-order valence-electron chi connectivity index (χ0n) is 14.3. The highest BCUT2D eigenvalue weighted by Crippen LogP contribution is 2.21. The smallest absolute Gasteiger partial charge is 0.319 e. The highest BCUT2D eigenvalue weighted by Gasteiger charge is 2.18. The molecule has 1 unspecified atom stereocenters. The highest BCUT2D eigenvalue weighted by atomic mass is 35.5. The van der Waals surface area contributed by atoms with Crippen molar-refractivity contribution < 1.29 is 9.59 Å². The summed E-state index contributed by atoms with van der Waals surface area (Å²) in [6, 6.07) is 4.84. The van der Waals surface area contributed by atoms with Gasteiger partial charge in [-0.25, -0.2) is 4.79 Å². The number of carbonyl (C=O) groups excluding carboxylic acids is 2. The van der Waals surface area contributed by atoms with E-state index >= 15 is 0 Å². The first-order valence-electron chi connectivity index (χ1n) is 8.15. The van der Waals surface area contributed by atoms with Crippen LogP contribution in [0.5, 0.6) is 0 Å². The fraction of sp³-hybridized carbons (Fsp3) is 0.529. The Morgan fingerprint density at radius 1 is 1.33 bits per heavy atom. The molecule has 0 radical (unpaired) electrons. The van der Waals surface area contributed by atoms with E-state index < -0.39 is 0 Å². The molecule has 0 bridgehead atoms. The second-order valence-corrected chi connectivity index (χ2v) is 7.43.